The van der Waals surface area contributed by atoms with Gasteiger partial charge >= 0.3 is 0 Å². The van der Waals surface area contributed by atoms with Gasteiger partial charge in [0.15, 0.2) is 0 Å². The van der Waals surface area contributed by atoms with E-state index >= 15 is 0 Å². The van der Waals surface area contributed by atoms with Crippen molar-refractivity contribution in [3.63, 3.8) is 0 Å². The van der Waals surface area contributed by atoms with Crippen LogP contribution in [0.25, 0.3) is 0 Å². The molecule has 0 saturated heterocycles. The van der Waals surface area contributed by atoms with Gasteiger partial charge in [0.1, 0.15) is 7.28 Å². The molecule has 0 saturated carbocycles. The summed E-state index contributed by atoms with van der Waals surface area (Å²) in [5.74, 6) is -0.0144. The van der Waals surface area contributed by atoms with Crippen molar-refractivity contribution in [3.05, 3.63) is 23.3 Å². The number of aryl methyl sites for hydroxylation is 2. The van der Waals surface area contributed by atoms with E-state index in [1.165, 1.54) is 5.46 Å². The van der Waals surface area contributed by atoms with Crippen LogP contribution in [0.3, 0.4) is 0 Å². The number of hydrogen-bond donors (Lipinski definition) is 1. The highest BCUT2D eigenvalue weighted by Crippen LogP contribution is 2.19. The third-order valence-electron chi connectivity index (χ3n) is 2.50. The van der Waals surface area contributed by atoms with E-state index < -0.39 is 0 Å². The second kappa shape index (κ2) is 5.53. The Balaban J connectivity index is 3.01. The van der Waals surface area contributed by atoms with Crippen molar-refractivity contribution in [2.24, 2.45) is 0 Å². The summed E-state index contributed by atoms with van der Waals surface area (Å²) < 4.78 is 0. The zero-order valence-electron chi connectivity index (χ0n) is 10.1. The molecule has 2 nitrogen and oxygen atoms in total. The second-order valence-corrected chi connectivity index (χ2v) is 5.30. The quantitative estimate of drug-likeness (QED) is 0.669. The van der Waals surface area contributed by atoms with Crippen LogP contribution in [0.5, 0.6) is 0 Å². The van der Waals surface area contributed by atoms with Crippen LogP contribution in [-0.4, -0.2) is 18.0 Å². The van der Waals surface area contributed by atoms with Gasteiger partial charge in [-0.1, -0.05) is 40.3 Å². The number of anilines is 1. The molecule has 0 aromatic heterocycles. The molecule has 1 amide bonds. The van der Waals surface area contributed by atoms with E-state index in [9.17, 15) is 4.79 Å². The van der Waals surface area contributed by atoms with Crippen molar-refractivity contribution in [2.45, 2.75) is 32.4 Å². The Labute approximate surface area is 106 Å². The molecule has 16 heavy (non-hydrogen) atoms. The van der Waals surface area contributed by atoms with Gasteiger partial charge in [0.05, 0.1) is 4.83 Å². The largest absolute Gasteiger partial charge is 0.325 e. The monoisotopic (exact) mass is 280 g/mol. The van der Waals surface area contributed by atoms with Crippen LogP contribution in [0.15, 0.2) is 12.1 Å². The molecular formula is C12H16BBrNO. The molecule has 4 heteroatoms. The SMILES string of the molecule is C[B]c1cc(C)c(NC(=O)C(C)Br)c(C)c1. The van der Waals surface area contributed by atoms with Crippen molar-refractivity contribution >= 4 is 40.3 Å². The number of carbonyl (C=O) groups is 1. The first kappa shape index (κ1) is 13.3. The number of carbonyl (C=O) groups excluding carboxylic acids is 1. The lowest BCUT2D eigenvalue weighted by Gasteiger charge is -2.14. The maximum absolute atomic E-state index is 11.6. The fourth-order valence-corrected chi connectivity index (χ4v) is 1.70. The van der Waals surface area contributed by atoms with Gasteiger partial charge in [0, 0.05) is 5.69 Å². The summed E-state index contributed by atoms with van der Waals surface area (Å²) in [6.07, 6.45) is 0. The molecule has 1 rings (SSSR count). The van der Waals surface area contributed by atoms with Crippen molar-refractivity contribution < 1.29 is 4.79 Å². The molecule has 85 valence electrons. The maximum Gasteiger partial charge on any atom is 0.237 e. The fourth-order valence-electron chi connectivity index (χ4n) is 1.58. The molecule has 0 aliphatic carbocycles. The van der Waals surface area contributed by atoms with E-state index in [0.29, 0.717) is 0 Å². The van der Waals surface area contributed by atoms with Gasteiger partial charge < -0.3 is 5.32 Å². The average Bonchev–Trinajstić information content (AvgIpc) is 2.22. The maximum atomic E-state index is 11.6. The topological polar surface area (TPSA) is 29.1 Å². The van der Waals surface area contributed by atoms with Gasteiger partial charge in [-0.3, -0.25) is 4.79 Å². The van der Waals surface area contributed by atoms with E-state index in [1.807, 2.05) is 27.6 Å². The molecule has 0 fully saturated rings. The summed E-state index contributed by atoms with van der Waals surface area (Å²) in [5.41, 5.74) is 4.28. The van der Waals surface area contributed by atoms with E-state index in [1.54, 1.807) is 0 Å². The number of halogens is 1. The average molecular weight is 281 g/mol. The van der Waals surface area contributed by atoms with Crippen LogP contribution < -0.4 is 10.8 Å². The van der Waals surface area contributed by atoms with E-state index in [2.05, 4.69) is 40.7 Å². The minimum absolute atomic E-state index is 0.0144. The second-order valence-electron chi connectivity index (χ2n) is 3.92. The lowest BCUT2D eigenvalue weighted by atomic mass is 9.72. The van der Waals surface area contributed by atoms with Gasteiger partial charge in [-0.05, 0) is 31.9 Å². The molecule has 1 N–H and O–H groups in total. The molecule has 0 heterocycles. The van der Waals surface area contributed by atoms with Crippen LogP contribution >= 0.6 is 15.9 Å². The minimum atomic E-state index is -0.177. The van der Waals surface area contributed by atoms with Crippen LogP contribution in [0, 0.1) is 13.8 Å². The number of amides is 1. The summed E-state index contributed by atoms with van der Waals surface area (Å²) in [5, 5.41) is 2.93. The van der Waals surface area contributed by atoms with Crippen LogP contribution in [0.1, 0.15) is 18.1 Å². The molecular weight excluding hydrogens is 265 g/mol. The Morgan fingerprint density at radius 3 is 2.25 bits per heavy atom. The van der Waals surface area contributed by atoms with Crippen LogP contribution in [-0.2, 0) is 4.79 Å². The summed E-state index contributed by atoms with van der Waals surface area (Å²) in [7, 11) is 2.05. The van der Waals surface area contributed by atoms with Crippen molar-refractivity contribution in [1.82, 2.24) is 0 Å². The highest BCUT2D eigenvalue weighted by atomic mass is 79.9. The Morgan fingerprint density at radius 2 is 1.88 bits per heavy atom. The molecule has 1 atom stereocenters. The lowest BCUT2D eigenvalue weighted by Crippen LogP contribution is -2.22. The Bertz CT molecular complexity index is 381. The van der Waals surface area contributed by atoms with Gasteiger partial charge in [-0.2, -0.15) is 0 Å². The Kier molecular flexibility index (Phi) is 4.60. The first-order chi connectivity index (χ1) is 7.45. The van der Waals surface area contributed by atoms with Gasteiger partial charge in [0.25, 0.3) is 0 Å². The fraction of sp³-hybridized carbons (Fsp3) is 0.417. The van der Waals surface area contributed by atoms with Gasteiger partial charge in [-0.25, -0.2) is 0 Å². The molecule has 0 spiro atoms. The summed E-state index contributed by atoms with van der Waals surface area (Å²) in [6, 6.07) is 4.14. The predicted octanol–water partition coefficient (Wildman–Crippen LogP) is 2.40. The molecule has 0 aliphatic heterocycles. The van der Waals surface area contributed by atoms with Gasteiger partial charge in [0.2, 0.25) is 5.91 Å². The Hall–Kier alpha value is -0.765. The molecule has 1 aromatic carbocycles. The van der Waals surface area contributed by atoms with Crippen molar-refractivity contribution in [2.75, 3.05) is 5.32 Å². The smallest absolute Gasteiger partial charge is 0.237 e. The number of alkyl halides is 1. The van der Waals surface area contributed by atoms with Crippen molar-refractivity contribution in [1.29, 1.82) is 0 Å². The highest BCUT2D eigenvalue weighted by Gasteiger charge is 2.12. The third-order valence-corrected chi connectivity index (χ3v) is 2.91. The molecule has 0 aliphatic rings. The Morgan fingerprint density at radius 1 is 1.38 bits per heavy atom. The van der Waals surface area contributed by atoms with E-state index in [4.69, 9.17) is 0 Å². The zero-order chi connectivity index (χ0) is 12.3. The number of benzene rings is 1. The van der Waals surface area contributed by atoms with E-state index in [-0.39, 0.29) is 10.7 Å². The highest BCUT2D eigenvalue weighted by molar-refractivity contribution is 9.10. The van der Waals surface area contributed by atoms with Crippen LogP contribution in [0.2, 0.25) is 6.82 Å². The zero-order valence-corrected chi connectivity index (χ0v) is 11.7. The minimum Gasteiger partial charge on any atom is -0.325 e. The first-order valence-electron chi connectivity index (χ1n) is 5.31. The summed E-state index contributed by atoms with van der Waals surface area (Å²) >= 11 is 3.26. The van der Waals surface area contributed by atoms with Crippen molar-refractivity contribution in [3.8, 4) is 0 Å². The number of nitrogens with one attached hydrogen (secondary N) is 1. The van der Waals surface area contributed by atoms with Crippen LogP contribution in [0.4, 0.5) is 5.69 Å². The summed E-state index contributed by atoms with van der Waals surface area (Å²) in [6.45, 7) is 7.84. The summed E-state index contributed by atoms with van der Waals surface area (Å²) in [4.78, 5) is 11.4. The molecule has 1 aromatic rings. The molecule has 1 radical (unpaired) electrons. The normalized spacial score (nSPS) is 12.1. The van der Waals surface area contributed by atoms with E-state index in [0.717, 1.165) is 16.8 Å². The lowest BCUT2D eigenvalue weighted by molar-refractivity contribution is -0.115. The predicted molar refractivity (Wildman–Crippen MR) is 74.2 cm³/mol. The number of rotatable bonds is 3. The van der Waals surface area contributed by atoms with Gasteiger partial charge in [-0.15, -0.1) is 0 Å². The third kappa shape index (κ3) is 3.11. The number of hydrogen-bond acceptors (Lipinski definition) is 1. The standard InChI is InChI=1S/C12H16BBrNO/c1-7-5-10(13-4)6-8(2)11(7)15-12(16)9(3)14/h5-6,9H,1-4H3,(H,15,16). The molecule has 0 bridgehead atoms. The molecule has 1 unspecified atom stereocenters. The first-order valence-corrected chi connectivity index (χ1v) is 6.22.